The van der Waals surface area contributed by atoms with E-state index in [9.17, 15) is 27.5 Å². The van der Waals surface area contributed by atoms with Gasteiger partial charge < -0.3 is 24.2 Å². The Bertz CT molecular complexity index is 2590. The van der Waals surface area contributed by atoms with Gasteiger partial charge in [-0.05, 0) is 71.6 Å². The van der Waals surface area contributed by atoms with Crippen molar-refractivity contribution in [3.05, 3.63) is 112 Å². The van der Waals surface area contributed by atoms with Crippen molar-refractivity contribution in [1.82, 2.24) is 34.6 Å². The molecule has 0 saturated carbocycles. The van der Waals surface area contributed by atoms with Crippen LogP contribution in [0, 0.1) is 12.7 Å². The summed E-state index contributed by atoms with van der Waals surface area (Å²) in [5.74, 6) is -1.23. The number of fused-ring (bicyclic) bond motifs is 6. The molecule has 0 aliphatic carbocycles. The van der Waals surface area contributed by atoms with Gasteiger partial charge in [-0.25, -0.2) is 24.1 Å². The number of benzene rings is 3. The van der Waals surface area contributed by atoms with E-state index < -0.39 is 31.3 Å². The summed E-state index contributed by atoms with van der Waals surface area (Å²) >= 11 is 8.68. The van der Waals surface area contributed by atoms with E-state index in [2.05, 4.69) is 41.7 Å². The van der Waals surface area contributed by atoms with Crippen LogP contribution in [0.1, 0.15) is 34.4 Å². The molecule has 4 bridgehead atoms. The van der Waals surface area contributed by atoms with E-state index in [4.69, 9.17) is 25.8 Å². The smallest absolute Gasteiger partial charge is 0.392 e. The first-order chi connectivity index (χ1) is 30.3. The molecule has 18 heteroatoms. The average Bonchev–Trinajstić information content (AvgIpc) is 3.64. The van der Waals surface area contributed by atoms with E-state index in [-0.39, 0.29) is 30.7 Å². The van der Waals surface area contributed by atoms with Crippen LogP contribution in [0.25, 0.3) is 31.8 Å². The van der Waals surface area contributed by atoms with Crippen molar-refractivity contribution in [2.75, 3.05) is 52.9 Å². The fourth-order valence-corrected chi connectivity index (χ4v) is 9.12. The molecule has 6 aromatic rings. The standard InChI is InChI=1S/C45H44ClF4N7O5S/c1-27-34-9-6-30(39(27)46)24-57(19-18-56-16-14-55(2)15-17-56)23-28-3-10-35(61-25-33-11-13-51-44(54-33)60-20-12-45(48,49)50)31(21-28)22-36(43(58)59)62-41-38-37(34)40(63-42(38)53-26-52-41)29-4-7-32(47)8-5-29/h3-11,13,21,26,36H,12,14-20,22-25H2,1-2H3,(H,58,59)/t36-/m1/s1. The number of aromatic nitrogens is 4. The van der Waals surface area contributed by atoms with Gasteiger partial charge in [-0.3, -0.25) is 9.80 Å². The largest absolute Gasteiger partial charge is 0.487 e. The van der Waals surface area contributed by atoms with Gasteiger partial charge in [0.05, 0.1) is 17.5 Å². The highest BCUT2D eigenvalue weighted by molar-refractivity contribution is 7.22. The lowest BCUT2D eigenvalue weighted by molar-refractivity contribution is -0.145. The first-order valence-corrected chi connectivity index (χ1v) is 21.6. The highest BCUT2D eigenvalue weighted by Gasteiger charge is 2.30. The summed E-state index contributed by atoms with van der Waals surface area (Å²) in [6.07, 6.45) is -4.46. The van der Waals surface area contributed by atoms with E-state index in [1.807, 2.05) is 31.2 Å². The summed E-state index contributed by atoms with van der Waals surface area (Å²) in [6, 6.07) is 17.1. The van der Waals surface area contributed by atoms with Crippen LogP contribution in [0.15, 0.2) is 73.2 Å². The van der Waals surface area contributed by atoms with Crippen LogP contribution in [0.5, 0.6) is 17.6 Å². The number of nitrogens with zero attached hydrogens (tertiary/aromatic N) is 7. The lowest BCUT2D eigenvalue weighted by Crippen LogP contribution is -2.46. The maximum Gasteiger partial charge on any atom is 0.392 e. The van der Waals surface area contributed by atoms with Gasteiger partial charge in [-0.1, -0.05) is 48.0 Å². The molecule has 3 aromatic carbocycles. The Balaban J connectivity index is 1.20. The second-order valence-electron chi connectivity index (χ2n) is 15.7. The fraction of sp³-hybridized carbons (Fsp3) is 0.356. The van der Waals surface area contributed by atoms with E-state index in [1.165, 1.54) is 36.0 Å². The average molecular weight is 906 g/mol. The molecule has 6 heterocycles. The molecule has 12 nitrogen and oxygen atoms in total. The Morgan fingerprint density at radius 3 is 2.49 bits per heavy atom. The predicted octanol–water partition coefficient (Wildman–Crippen LogP) is 8.46. The number of aliphatic carboxylic acids is 1. The SMILES string of the molecule is Cc1c2ccc(c1Cl)CN(CCN1CCN(C)CC1)Cc1ccc(OCc3ccnc(OCCC(F)(F)F)n3)c(c1)C[C@H](C(=O)O)Oc1ncnc3sc(-c4ccc(F)cc4)c-2c13. The van der Waals surface area contributed by atoms with E-state index in [0.717, 1.165) is 72.0 Å². The Morgan fingerprint density at radius 2 is 1.73 bits per heavy atom. The van der Waals surface area contributed by atoms with Crippen LogP contribution in [0.2, 0.25) is 5.02 Å². The third-order valence-corrected chi connectivity index (χ3v) is 12.8. The quantitative estimate of drug-likeness (QED) is 0.125. The van der Waals surface area contributed by atoms with E-state index in [1.54, 1.807) is 24.3 Å². The zero-order valence-electron chi connectivity index (χ0n) is 34.5. The van der Waals surface area contributed by atoms with Gasteiger partial charge in [0.1, 0.15) is 35.9 Å². The van der Waals surface area contributed by atoms with Crippen LogP contribution in [-0.2, 0) is 30.9 Å². The van der Waals surface area contributed by atoms with Crippen molar-refractivity contribution in [3.8, 4) is 39.2 Å². The summed E-state index contributed by atoms with van der Waals surface area (Å²) < 4.78 is 70.2. The lowest BCUT2D eigenvalue weighted by atomic mass is 9.94. The topological polar surface area (TPSA) is 126 Å². The van der Waals surface area contributed by atoms with Crippen molar-refractivity contribution in [3.63, 3.8) is 0 Å². The van der Waals surface area contributed by atoms with Crippen LogP contribution < -0.4 is 14.2 Å². The molecule has 0 spiro atoms. The number of rotatable bonds is 11. The number of likely N-dealkylation sites (N-methyl/N-ethyl adjacent to an activating group) is 1. The molecule has 1 fully saturated rings. The number of ether oxygens (including phenoxy) is 3. The number of carboxylic acid groups (broad SMARTS) is 1. The summed E-state index contributed by atoms with van der Waals surface area (Å²) in [5, 5.41) is 11.8. The molecule has 3 aromatic heterocycles. The monoisotopic (exact) mass is 905 g/mol. The first kappa shape index (κ1) is 44.2. The molecule has 1 atom stereocenters. The Hall–Kier alpha value is -5.46. The zero-order valence-corrected chi connectivity index (χ0v) is 36.1. The van der Waals surface area contributed by atoms with Crippen LogP contribution in [-0.4, -0.2) is 111 Å². The Labute approximate surface area is 370 Å². The van der Waals surface area contributed by atoms with Gasteiger partial charge >= 0.3 is 18.2 Å². The Morgan fingerprint density at radius 1 is 0.952 bits per heavy atom. The molecular formula is C45H44ClF4N7O5S. The summed E-state index contributed by atoms with van der Waals surface area (Å²) in [4.78, 5) is 38.8. The van der Waals surface area contributed by atoms with Gasteiger partial charge in [-0.15, -0.1) is 11.3 Å². The second kappa shape index (κ2) is 19.1. The maximum atomic E-state index is 14.2. The normalized spacial score (nSPS) is 16.6. The van der Waals surface area contributed by atoms with E-state index >= 15 is 0 Å². The first-order valence-electron chi connectivity index (χ1n) is 20.4. The summed E-state index contributed by atoms with van der Waals surface area (Å²) in [5.41, 5.74) is 5.67. The molecule has 3 aliphatic rings. The number of piperazine rings is 1. The van der Waals surface area contributed by atoms with Crippen LogP contribution in [0.4, 0.5) is 17.6 Å². The molecule has 0 amide bonds. The fourth-order valence-electron chi connectivity index (χ4n) is 7.74. The number of thiophene rings is 1. The molecule has 330 valence electrons. The maximum absolute atomic E-state index is 14.2. The summed E-state index contributed by atoms with van der Waals surface area (Å²) in [6.45, 7) is 7.64. The van der Waals surface area contributed by atoms with Crippen LogP contribution in [0.3, 0.4) is 0 Å². The highest BCUT2D eigenvalue weighted by atomic mass is 35.5. The second-order valence-corrected chi connectivity index (χ2v) is 17.0. The van der Waals surface area contributed by atoms with Crippen LogP contribution >= 0.6 is 22.9 Å². The zero-order chi connectivity index (χ0) is 44.3. The van der Waals surface area contributed by atoms with Crippen molar-refractivity contribution in [2.45, 2.75) is 51.7 Å². The van der Waals surface area contributed by atoms with Gasteiger partial charge in [-0.2, -0.15) is 18.2 Å². The number of carboxylic acids is 1. The number of hydrogen-bond donors (Lipinski definition) is 1. The number of halogens is 5. The van der Waals surface area contributed by atoms with Gasteiger partial charge in [0.15, 0.2) is 0 Å². The molecular weight excluding hydrogens is 862 g/mol. The number of hydrogen-bond acceptors (Lipinski definition) is 12. The van der Waals surface area contributed by atoms with Gasteiger partial charge in [0.25, 0.3) is 0 Å². The summed E-state index contributed by atoms with van der Waals surface area (Å²) in [7, 11) is 2.12. The molecule has 0 radical (unpaired) electrons. The lowest BCUT2D eigenvalue weighted by Gasteiger charge is -2.34. The molecule has 3 aliphatic heterocycles. The third-order valence-electron chi connectivity index (χ3n) is 11.2. The molecule has 63 heavy (non-hydrogen) atoms. The molecule has 1 saturated heterocycles. The third kappa shape index (κ3) is 10.7. The van der Waals surface area contributed by atoms with Gasteiger partial charge in [0, 0.05) is 80.4 Å². The number of alkyl halides is 3. The molecule has 0 unspecified atom stereocenters. The minimum Gasteiger partial charge on any atom is -0.487 e. The van der Waals surface area contributed by atoms with Crippen molar-refractivity contribution in [2.24, 2.45) is 0 Å². The van der Waals surface area contributed by atoms with Crippen molar-refractivity contribution in [1.29, 1.82) is 0 Å². The predicted molar refractivity (Wildman–Crippen MR) is 231 cm³/mol. The van der Waals surface area contributed by atoms with Crippen molar-refractivity contribution >= 4 is 39.1 Å². The molecule has 1 N–H and O–H groups in total. The van der Waals surface area contributed by atoms with Crippen molar-refractivity contribution < 1.29 is 41.7 Å². The Kier molecular flexibility index (Phi) is 13.4. The molecule has 9 rings (SSSR count). The minimum atomic E-state index is -4.39. The van der Waals surface area contributed by atoms with Gasteiger partial charge in [0.2, 0.25) is 12.0 Å². The number of carbonyl (C=O) groups is 1. The highest BCUT2D eigenvalue weighted by Crippen LogP contribution is 2.49. The van der Waals surface area contributed by atoms with E-state index in [0.29, 0.717) is 50.9 Å². The minimum absolute atomic E-state index is 0.0476.